The van der Waals surface area contributed by atoms with Gasteiger partial charge in [-0.1, -0.05) is 11.2 Å². The second-order valence-electron chi connectivity index (χ2n) is 7.48. The van der Waals surface area contributed by atoms with E-state index in [1.165, 1.54) is 17.4 Å². The molecule has 2 amide bonds. The van der Waals surface area contributed by atoms with Crippen LogP contribution in [0.1, 0.15) is 39.4 Å². The summed E-state index contributed by atoms with van der Waals surface area (Å²) in [7, 11) is 0. The van der Waals surface area contributed by atoms with E-state index in [1.807, 2.05) is 6.07 Å². The average molecular weight is 464 g/mol. The first-order valence-corrected chi connectivity index (χ1v) is 11.1. The minimum absolute atomic E-state index is 0.217. The molecule has 3 heterocycles. The fourth-order valence-electron chi connectivity index (χ4n) is 3.52. The van der Waals surface area contributed by atoms with Gasteiger partial charge in [0.1, 0.15) is 28.6 Å². The number of ether oxygens (including phenoxy) is 1. The Morgan fingerprint density at radius 3 is 3.06 bits per heavy atom. The second kappa shape index (κ2) is 10.1. The van der Waals surface area contributed by atoms with Crippen LogP contribution in [-0.4, -0.2) is 28.2 Å². The molecule has 1 aliphatic carbocycles. The highest BCUT2D eigenvalue weighted by Crippen LogP contribution is 2.38. The van der Waals surface area contributed by atoms with Gasteiger partial charge in [-0.15, -0.1) is 11.3 Å². The average Bonchev–Trinajstić information content (AvgIpc) is 3.38. The first kappa shape index (κ1) is 22.2. The van der Waals surface area contributed by atoms with E-state index in [4.69, 9.17) is 9.26 Å². The molecule has 33 heavy (non-hydrogen) atoms. The van der Waals surface area contributed by atoms with Gasteiger partial charge in [0, 0.05) is 35.8 Å². The van der Waals surface area contributed by atoms with Crippen molar-refractivity contribution in [1.82, 2.24) is 15.5 Å². The first-order valence-electron chi connectivity index (χ1n) is 10.3. The van der Waals surface area contributed by atoms with Crippen LogP contribution in [0.2, 0.25) is 0 Å². The van der Waals surface area contributed by atoms with E-state index in [0.717, 1.165) is 16.0 Å². The zero-order valence-electron chi connectivity index (χ0n) is 17.8. The molecule has 10 heteroatoms. The number of anilines is 1. The van der Waals surface area contributed by atoms with Crippen LogP contribution in [0.5, 0.6) is 0 Å². The maximum Gasteiger partial charge on any atom is 0.407 e. The van der Waals surface area contributed by atoms with Gasteiger partial charge in [0.25, 0.3) is 0 Å². The number of nitrogens with zero attached hydrogens (tertiary/aromatic N) is 3. The molecule has 3 aromatic rings. The number of hydrogen-bond acceptors (Lipinski definition) is 8. The van der Waals surface area contributed by atoms with Gasteiger partial charge in [-0.25, -0.2) is 4.79 Å². The fraction of sp³-hybridized carbons (Fsp3) is 0.261. The molecule has 3 aromatic heterocycles. The lowest BCUT2D eigenvalue weighted by molar-refractivity contribution is -0.111. The van der Waals surface area contributed by atoms with Crippen molar-refractivity contribution in [2.24, 2.45) is 0 Å². The molecule has 0 fully saturated rings. The standard InChI is InChI=1S/C23H21N5O4S/c1-14-9-16(28-32-14)13-26-23(30)31-17-5-6-18-19(11-24)22(33-20(18)10-17)27-21(29)7-4-15-3-2-8-25-12-15/h2-4,7-9,12,17H,5-6,10,13H2,1H3,(H,26,30)(H,27,29). The van der Waals surface area contributed by atoms with Crippen LogP contribution in [0.3, 0.4) is 0 Å². The predicted molar refractivity (Wildman–Crippen MR) is 121 cm³/mol. The van der Waals surface area contributed by atoms with Gasteiger partial charge >= 0.3 is 6.09 Å². The summed E-state index contributed by atoms with van der Waals surface area (Å²) in [5.41, 5.74) is 2.80. The zero-order chi connectivity index (χ0) is 23.2. The van der Waals surface area contributed by atoms with Crippen molar-refractivity contribution in [1.29, 1.82) is 5.26 Å². The molecule has 2 N–H and O–H groups in total. The second-order valence-corrected chi connectivity index (χ2v) is 8.59. The Bertz CT molecular complexity index is 1230. The Kier molecular flexibility index (Phi) is 6.80. The monoisotopic (exact) mass is 463 g/mol. The van der Waals surface area contributed by atoms with Crippen molar-refractivity contribution in [3.8, 4) is 6.07 Å². The van der Waals surface area contributed by atoms with E-state index in [1.54, 1.807) is 37.5 Å². The lowest BCUT2D eigenvalue weighted by Crippen LogP contribution is -2.31. The summed E-state index contributed by atoms with van der Waals surface area (Å²) in [6.07, 6.45) is 7.22. The Morgan fingerprint density at radius 1 is 1.45 bits per heavy atom. The molecule has 1 aliphatic rings. The smallest absolute Gasteiger partial charge is 0.407 e. The van der Waals surface area contributed by atoms with Gasteiger partial charge in [-0.3, -0.25) is 9.78 Å². The third-order valence-electron chi connectivity index (χ3n) is 5.04. The van der Waals surface area contributed by atoms with Crippen LogP contribution < -0.4 is 10.6 Å². The van der Waals surface area contributed by atoms with E-state index >= 15 is 0 Å². The number of nitriles is 1. The van der Waals surface area contributed by atoms with Gasteiger partial charge in [0.15, 0.2) is 0 Å². The number of alkyl carbamates (subject to hydrolysis) is 1. The molecule has 0 bridgehead atoms. The minimum atomic E-state index is -0.532. The maximum absolute atomic E-state index is 12.4. The highest BCUT2D eigenvalue weighted by Gasteiger charge is 2.28. The number of aryl methyl sites for hydroxylation is 1. The van der Waals surface area contributed by atoms with E-state index in [0.29, 0.717) is 41.3 Å². The molecule has 0 aliphatic heterocycles. The summed E-state index contributed by atoms with van der Waals surface area (Å²) in [6.45, 7) is 1.99. The van der Waals surface area contributed by atoms with Crippen LogP contribution in [0.15, 0.2) is 41.2 Å². The lowest BCUT2D eigenvalue weighted by Gasteiger charge is -2.22. The highest BCUT2D eigenvalue weighted by molar-refractivity contribution is 7.16. The number of hydrogen-bond donors (Lipinski definition) is 2. The van der Waals surface area contributed by atoms with Gasteiger partial charge in [-0.2, -0.15) is 5.26 Å². The largest absolute Gasteiger partial charge is 0.446 e. The molecule has 0 aromatic carbocycles. The third-order valence-corrected chi connectivity index (χ3v) is 6.21. The van der Waals surface area contributed by atoms with E-state index < -0.39 is 6.09 Å². The summed E-state index contributed by atoms with van der Waals surface area (Å²) in [6, 6.07) is 7.57. The zero-order valence-corrected chi connectivity index (χ0v) is 18.6. The maximum atomic E-state index is 12.4. The predicted octanol–water partition coefficient (Wildman–Crippen LogP) is 3.75. The molecule has 1 atom stereocenters. The number of aromatic nitrogens is 2. The van der Waals surface area contributed by atoms with Crippen LogP contribution in [0.25, 0.3) is 6.08 Å². The molecular formula is C23H21N5O4S. The number of amides is 2. The number of thiophene rings is 1. The topological polar surface area (TPSA) is 130 Å². The lowest BCUT2D eigenvalue weighted by atomic mass is 9.94. The molecule has 0 saturated heterocycles. The van der Waals surface area contributed by atoms with Crippen molar-refractivity contribution in [3.05, 3.63) is 69.7 Å². The number of carbonyl (C=O) groups is 2. The highest BCUT2D eigenvalue weighted by atomic mass is 32.1. The quantitative estimate of drug-likeness (QED) is 0.533. The summed E-state index contributed by atoms with van der Waals surface area (Å²) < 4.78 is 10.5. The molecular weight excluding hydrogens is 442 g/mol. The van der Waals surface area contributed by atoms with Crippen LogP contribution in [-0.2, 0) is 28.9 Å². The Morgan fingerprint density at radius 2 is 2.33 bits per heavy atom. The van der Waals surface area contributed by atoms with E-state index in [9.17, 15) is 14.9 Å². The number of fused-ring (bicyclic) bond motifs is 1. The third kappa shape index (κ3) is 5.64. The van der Waals surface area contributed by atoms with Crippen LogP contribution >= 0.6 is 11.3 Å². The van der Waals surface area contributed by atoms with Crippen LogP contribution in [0.4, 0.5) is 9.80 Å². The van der Waals surface area contributed by atoms with Gasteiger partial charge in [-0.05, 0) is 43.0 Å². The number of pyridine rings is 1. The Hall–Kier alpha value is -3.97. The van der Waals surface area contributed by atoms with Gasteiger partial charge in [0.05, 0.1) is 12.1 Å². The van der Waals surface area contributed by atoms with E-state index in [-0.39, 0.29) is 18.6 Å². The fourth-order valence-corrected chi connectivity index (χ4v) is 4.79. The molecule has 4 rings (SSSR count). The minimum Gasteiger partial charge on any atom is -0.446 e. The van der Waals surface area contributed by atoms with E-state index in [2.05, 4.69) is 26.8 Å². The van der Waals surface area contributed by atoms with Crippen molar-refractivity contribution in [3.63, 3.8) is 0 Å². The number of nitrogens with one attached hydrogen (secondary N) is 2. The van der Waals surface area contributed by atoms with Crippen molar-refractivity contribution < 1.29 is 18.8 Å². The Balaban J connectivity index is 1.36. The molecule has 168 valence electrons. The molecule has 0 saturated carbocycles. The van der Waals surface area contributed by atoms with Crippen molar-refractivity contribution >= 4 is 34.4 Å². The normalized spacial score (nSPS) is 15.0. The number of rotatable bonds is 6. The molecule has 0 spiro atoms. The van der Waals surface area contributed by atoms with Gasteiger partial charge < -0.3 is 19.9 Å². The van der Waals surface area contributed by atoms with Crippen molar-refractivity contribution in [2.75, 3.05) is 5.32 Å². The first-order chi connectivity index (χ1) is 16.0. The Labute approximate surface area is 194 Å². The summed E-state index contributed by atoms with van der Waals surface area (Å²) in [5.74, 6) is 0.339. The summed E-state index contributed by atoms with van der Waals surface area (Å²) in [5, 5.41) is 19.4. The molecule has 9 nitrogen and oxygen atoms in total. The van der Waals surface area contributed by atoms with Crippen molar-refractivity contribution in [2.45, 2.75) is 38.8 Å². The molecule has 0 radical (unpaired) electrons. The SMILES string of the molecule is Cc1cc(CNC(=O)OC2CCc3c(sc(NC(=O)C=Cc4cccnc4)c3C#N)C2)no1. The molecule has 1 unspecified atom stereocenters. The van der Waals surface area contributed by atoms with Gasteiger partial charge in [0.2, 0.25) is 5.91 Å². The number of carbonyl (C=O) groups excluding carboxylic acids is 2. The summed E-state index contributed by atoms with van der Waals surface area (Å²) >= 11 is 1.35. The summed E-state index contributed by atoms with van der Waals surface area (Å²) in [4.78, 5) is 29.5. The van der Waals surface area contributed by atoms with Crippen LogP contribution in [0, 0.1) is 18.3 Å².